The average molecular weight is 259 g/mol. The van der Waals surface area contributed by atoms with Crippen molar-refractivity contribution in [3.05, 3.63) is 0 Å². The predicted octanol–water partition coefficient (Wildman–Crippen LogP) is -0.830. The standard InChI is InChI=1S/C10H17N3O5/c1-11-9(16)7-2-4-13(5-3-7)10(17)12-18-6-8(14)15/h7H,2-6H2,1H3,(H,11,16)(H,12,17)(H,14,15). The molecule has 1 fully saturated rings. The van der Waals surface area contributed by atoms with Crippen molar-refractivity contribution in [2.45, 2.75) is 12.8 Å². The molecule has 1 heterocycles. The molecule has 0 aromatic heterocycles. The number of hydrogen-bond acceptors (Lipinski definition) is 4. The number of carboxylic acid groups (broad SMARTS) is 1. The minimum absolute atomic E-state index is 0.0165. The Hall–Kier alpha value is -1.83. The Balaban J connectivity index is 2.27. The molecule has 1 rings (SSSR count). The topological polar surface area (TPSA) is 108 Å². The van der Waals surface area contributed by atoms with Gasteiger partial charge in [-0.3, -0.25) is 9.63 Å². The number of carbonyl (C=O) groups is 3. The quantitative estimate of drug-likeness (QED) is 0.571. The first-order valence-corrected chi connectivity index (χ1v) is 5.64. The lowest BCUT2D eigenvalue weighted by Gasteiger charge is -2.30. The van der Waals surface area contributed by atoms with E-state index in [9.17, 15) is 14.4 Å². The summed E-state index contributed by atoms with van der Waals surface area (Å²) in [4.78, 5) is 39.0. The predicted molar refractivity (Wildman–Crippen MR) is 60.5 cm³/mol. The van der Waals surface area contributed by atoms with E-state index < -0.39 is 18.6 Å². The molecular weight excluding hydrogens is 242 g/mol. The fourth-order valence-electron chi connectivity index (χ4n) is 1.77. The summed E-state index contributed by atoms with van der Waals surface area (Å²) >= 11 is 0. The highest BCUT2D eigenvalue weighted by molar-refractivity contribution is 5.79. The lowest BCUT2D eigenvalue weighted by molar-refractivity contribution is -0.144. The molecule has 0 aromatic carbocycles. The number of aliphatic carboxylic acids is 1. The first kappa shape index (κ1) is 14.2. The van der Waals surface area contributed by atoms with Crippen LogP contribution in [0.25, 0.3) is 0 Å². The van der Waals surface area contributed by atoms with E-state index in [1.165, 1.54) is 4.90 Å². The Kier molecular flexibility index (Phi) is 5.37. The third kappa shape index (κ3) is 4.21. The SMILES string of the molecule is CNC(=O)C1CCN(C(=O)NOCC(=O)O)CC1. The molecule has 0 aromatic rings. The Morgan fingerprint density at radius 1 is 1.33 bits per heavy atom. The van der Waals surface area contributed by atoms with Crippen LogP contribution in [-0.2, 0) is 14.4 Å². The third-order valence-electron chi connectivity index (χ3n) is 2.75. The van der Waals surface area contributed by atoms with Gasteiger partial charge in [0.15, 0.2) is 6.61 Å². The lowest BCUT2D eigenvalue weighted by Crippen LogP contribution is -2.46. The molecule has 3 N–H and O–H groups in total. The molecule has 102 valence electrons. The van der Waals surface area contributed by atoms with E-state index in [1.54, 1.807) is 7.05 Å². The molecule has 0 saturated carbocycles. The van der Waals surface area contributed by atoms with Crippen molar-refractivity contribution in [2.24, 2.45) is 5.92 Å². The normalized spacial score (nSPS) is 16.2. The molecule has 0 unspecified atom stereocenters. The van der Waals surface area contributed by atoms with Crippen LogP contribution in [0.15, 0.2) is 0 Å². The summed E-state index contributed by atoms with van der Waals surface area (Å²) in [6, 6.07) is -0.480. The molecular formula is C10H17N3O5. The Labute approximate surface area is 104 Å². The van der Waals surface area contributed by atoms with Crippen LogP contribution in [0.3, 0.4) is 0 Å². The van der Waals surface area contributed by atoms with E-state index in [0.717, 1.165) is 0 Å². The second-order valence-corrected chi connectivity index (χ2v) is 3.97. The summed E-state index contributed by atoms with van der Waals surface area (Å²) in [6.07, 6.45) is 1.18. The van der Waals surface area contributed by atoms with Gasteiger partial charge >= 0.3 is 12.0 Å². The first-order chi connectivity index (χ1) is 8.54. The molecule has 0 bridgehead atoms. The fraction of sp³-hybridized carbons (Fsp3) is 0.700. The van der Waals surface area contributed by atoms with Crippen molar-refractivity contribution in [3.63, 3.8) is 0 Å². The summed E-state index contributed by atoms with van der Waals surface area (Å²) in [6.45, 7) is 0.307. The molecule has 8 nitrogen and oxygen atoms in total. The van der Waals surface area contributed by atoms with Gasteiger partial charge in [0.2, 0.25) is 5.91 Å². The summed E-state index contributed by atoms with van der Waals surface area (Å²) < 4.78 is 0. The lowest BCUT2D eigenvalue weighted by atomic mass is 9.96. The van der Waals surface area contributed by atoms with Crippen molar-refractivity contribution in [1.29, 1.82) is 0 Å². The van der Waals surface area contributed by atoms with Gasteiger partial charge in [0.05, 0.1) is 0 Å². The van der Waals surface area contributed by atoms with E-state index >= 15 is 0 Å². The van der Waals surface area contributed by atoms with Gasteiger partial charge in [-0.05, 0) is 12.8 Å². The maximum Gasteiger partial charge on any atom is 0.341 e. The van der Waals surface area contributed by atoms with Crippen molar-refractivity contribution >= 4 is 17.9 Å². The Bertz CT molecular complexity index is 325. The van der Waals surface area contributed by atoms with Crippen LogP contribution in [0.5, 0.6) is 0 Å². The van der Waals surface area contributed by atoms with Gasteiger partial charge < -0.3 is 15.3 Å². The van der Waals surface area contributed by atoms with Gasteiger partial charge in [-0.25, -0.2) is 15.1 Å². The molecule has 1 aliphatic rings. The second-order valence-electron chi connectivity index (χ2n) is 3.97. The number of carbonyl (C=O) groups excluding carboxylic acids is 2. The van der Waals surface area contributed by atoms with Crippen LogP contribution in [0.4, 0.5) is 4.79 Å². The fourth-order valence-corrected chi connectivity index (χ4v) is 1.77. The van der Waals surface area contributed by atoms with Crippen LogP contribution >= 0.6 is 0 Å². The van der Waals surface area contributed by atoms with E-state index in [0.29, 0.717) is 25.9 Å². The van der Waals surface area contributed by atoms with Gasteiger partial charge in [0.25, 0.3) is 0 Å². The van der Waals surface area contributed by atoms with E-state index in [1.807, 2.05) is 5.48 Å². The third-order valence-corrected chi connectivity index (χ3v) is 2.75. The highest BCUT2D eigenvalue weighted by atomic mass is 16.7. The van der Waals surface area contributed by atoms with Crippen LogP contribution in [0.2, 0.25) is 0 Å². The van der Waals surface area contributed by atoms with Gasteiger partial charge in [-0.15, -0.1) is 0 Å². The number of rotatable bonds is 4. The first-order valence-electron chi connectivity index (χ1n) is 5.64. The number of urea groups is 1. The second kappa shape index (κ2) is 6.80. The number of amides is 3. The van der Waals surface area contributed by atoms with Gasteiger partial charge in [0.1, 0.15) is 0 Å². The molecule has 1 aliphatic heterocycles. The number of hydrogen-bond donors (Lipinski definition) is 3. The van der Waals surface area contributed by atoms with E-state index in [2.05, 4.69) is 10.2 Å². The smallest absolute Gasteiger partial charge is 0.341 e. The number of piperidine rings is 1. The monoisotopic (exact) mass is 259 g/mol. The van der Waals surface area contributed by atoms with Crippen LogP contribution in [0, 0.1) is 5.92 Å². The zero-order valence-corrected chi connectivity index (χ0v) is 10.1. The summed E-state index contributed by atoms with van der Waals surface area (Å²) in [7, 11) is 1.58. The molecule has 1 saturated heterocycles. The van der Waals surface area contributed by atoms with Crippen molar-refractivity contribution in [1.82, 2.24) is 15.7 Å². The van der Waals surface area contributed by atoms with Crippen LogP contribution < -0.4 is 10.8 Å². The summed E-state index contributed by atoms with van der Waals surface area (Å²) in [5.74, 6) is -1.25. The highest BCUT2D eigenvalue weighted by Gasteiger charge is 2.26. The molecule has 18 heavy (non-hydrogen) atoms. The van der Waals surface area contributed by atoms with Gasteiger partial charge in [0, 0.05) is 26.1 Å². The van der Waals surface area contributed by atoms with Crippen LogP contribution in [-0.4, -0.2) is 54.7 Å². The Morgan fingerprint density at radius 2 is 1.94 bits per heavy atom. The number of carboxylic acids is 1. The number of likely N-dealkylation sites (tertiary alicyclic amines) is 1. The van der Waals surface area contributed by atoms with Crippen molar-refractivity contribution in [3.8, 4) is 0 Å². The minimum atomic E-state index is -1.16. The summed E-state index contributed by atoms with van der Waals surface area (Å²) in [5.41, 5.74) is 2.05. The molecule has 0 aliphatic carbocycles. The maximum atomic E-state index is 11.5. The van der Waals surface area contributed by atoms with Crippen molar-refractivity contribution < 1.29 is 24.3 Å². The zero-order valence-electron chi connectivity index (χ0n) is 10.1. The number of nitrogens with zero attached hydrogens (tertiary/aromatic N) is 1. The summed E-state index contributed by atoms with van der Waals surface area (Å²) in [5, 5.41) is 10.9. The molecule has 0 spiro atoms. The Morgan fingerprint density at radius 3 is 2.44 bits per heavy atom. The average Bonchev–Trinajstić information content (AvgIpc) is 2.37. The minimum Gasteiger partial charge on any atom is -0.479 e. The van der Waals surface area contributed by atoms with Gasteiger partial charge in [-0.1, -0.05) is 0 Å². The van der Waals surface area contributed by atoms with Crippen LogP contribution in [0.1, 0.15) is 12.8 Å². The molecule has 0 atom stereocenters. The molecule has 8 heteroatoms. The largest absolute Gasteiger partial charge is 0.479 e. The molecule has 0 radical (unpaired) electrons. The van der Waals surface area contributed by atoms with E-state index in [-0.39, 0.29) is 11.8 Å². The highest BCUT2D eigenvalue weighted by Crippen LogP contribution is 2.16. The van der Waals surface area contributed by atoms with E-state index in [4.69, 9.17) is 5.11 Å². The van der Waals surface area contributed by atoms with Crippen molar-refractivity contribution in [2.75, 3.05) is 26.7 Å². The molecule has 3 amide bonds. The van der Waals surface area contributed by atoms with Gasteiger partial charge in [-0.2, -0.15) is 0 Å². The maximum absolute atomic E-state index is 11.5. The number of hydroxylamine groups is 1. The number of nitrogens with one attached hydrogen (secondary N) is 2. The zero-order chi connectivity index (χ0) is 13.5.